The fourth-order valence-corrected chi connectivity index (χ4v) is 2.74. The second-order valence-corrected chi connectivity index (χ2v) is 6.07. The lowest BCUT2D eigenvalue weighted by atomic mass is 10.1. The number of para-hydroxylation sites is 1. The lowest BCUT2D eigenvalue weighted by Crippen LogP contribution is -2.37. The number of hydrogen-bond acceptors (Lipinski definition) is 4. The van der Waals surface area contributed by atoms with Crippen LogP contribution in [0.2, 0.25) is 0 Å². The Kier molecular flexibility index (Phi) is 7.25. The van der Waals surface area contributed by atoms with Gasteiger partial charge in [0.05, 0.1) is 12.6 Å². The molecule has 1 unspecified atom stereocenters. The van der Waals surface area contributed by atoms with Crippen molar-refractivity contribution in [2.24, 2.45) is 0 Å². The normalized spacial score (nSPS) is 16.7. The second kappa shape index (κ2) is 9.66. The van der Waals surface area contributed by atoms with E-state index in [2.05, 4.69) is 5.32 Å². The predicted molar refractivity (Wildman–Crippen MR) is 91.2 cm³/mol. The number of nitrogens with zero attached hydrogens (tertiary/aromatic N) is 1. The summed E-state index contributed by atoms with van der Waals surface area (Å²) in [5.41, 5.74) is 0. The van der Waals surface area contributed by atoms with E-state index in [9.17, 15) is 14.4 Å². The monoisotopic (exact) mass is 348 g/mol. The van der Waals surface area contributed by atoms with Crippen molar-refractivity contribution in [1.29, 1.82) is 0 Å². The van der Waals surface area contributed by atoms with E-state index < -0.39 is 5.97 Å². The molecule has 2 rings (SSSR count). The minimum atomic E-state index is -0.852. The zero-order chi connectivity index (χ0) is 18.1. The standard InChI is InChI=1S/C18H24N2O5/c21-16(8-4-5-9-18(23)24)19-14-12-17(22)20(13-14)10-11-25-15-6-2-1-3-7-15/h1-3,6-7,14H,4-5,8-13H2,(H,19,21)(H,23,24). The molecule has 1 fully saturated rings. The first kappa shape index (κ1) is 18.8. The second-order valence-electron chi connectivity index (χ2n) is 6.07. The van der Waals surface area contributed by atoms with Crippen molar-refractivity contribution in [3.8, 4) is 5.75 Å². The first-order chi connectivity index (χ1) is 12.0. The van der Waals surface area contributed by atoms with Gasteiger partial charge in [0.1, 0.15) is 12.4 Å². The summed E-state index contributed by atoms with van der Waals surface area (Å²) in [4.78, 5) is 36.0. The van der Waals surface area contributed by atoms with E-state index in [1.54, 1.807) is 4.90 Å². The van der Waals surface area contributed by atoms with Gasteiger partial charge >= 0.3 is 5.97 Å². The molecule has 0 spiro atoms. The molecule has 7 nitrogen and oxygen atoms in total. The van der Waals surface area contributed by atoms with Crippen LogP contribution in [0, 0.1) is 0 Å². The van der Waals surface area contributed by atoms with Crippen molar-refractivity contribution < 1.29 is 24.2 Å². The molecule has 1 heterocycles. The highest BCUT2D eigenvalue weighted by Gasteiger charge is 2.30. The molecular weight excluding hydrogens is 324 g/mol. The molecule has 1 aliphatic heterocycles. The number of carbonyl (C=O) groups is 3. The molecule has 2 amide bonds. The Morgan fingerprint density at radius 2 is 1.92 bits per heavy atom. The summed E-state index contributed by atoms with van der Waals surface area (Å²) in [6.07, 6.45) is 1.68. The maximum absolute atomic E-state index is 12.0. The number of likely N-dealkylation sites (tertiary alicyclic amines) is 1. The van der Waals surface area contributed by atoms with Crippen LogP contribution in [-0.4, -0.2) is 53.5 Å². The van der Waals surface area contributed by atoms with Crippen molar-refractivity contribution >= 4 is 17.8 Å². The molecule has 1 aliphatic rings. The first-order valence-electron chi connectivity index (χ1n) is 8.51. The molecule has 7 heteroatoms. The highest BCUT2D eigenvalue weighted by Crippen LogP contribution is 2.13. The topological polar surface area (TPSA) is 95.9 Å². The van der Waals surface area contributed by atoms with E-state index in [1.807, 2.05) is 30.3 Å². The fourth-order valence-electron chi connectivity index (χ4n) is 2.74. The number of rotatable bonds is 10. The maximum Gasteiger partial charge on any atom is 0.303 e. The minimum Gasteiger partial charge on any atom is -0.492 e. The van der Waals surface area contributed by atoms with Gasteiger partial charge in [-0.05, 0) is 25.0 Å². The predicted octanol–water partition coefficient (Wildman–Crippen LogP) is 1.43. The van der Waals surface area contributed by atoms with E-state index in [0.717, 1.165) is 5.75 Å². The molecule has 0 bridgehead atoms. The Balaban J connectivity index is 1.63. The molecule has 1 aromatic rings. The summed E-state index contributed by atoms with van der Waals surface area (Å²) in [6, 6.07) is 9.22. The lowest BCUT2D eigenvalue weighted by Gasteiger charge is -2.17. The summed E-state index contributed by atoms with van der Waals surface area (Å²) < 4.78 is 5.59. The van der Waals surface area contributed by atoms with E-state index in [-0.39, 0.29) is 30.7 Å². The zero-order valence-electron chi connectivity index (χ0n) is 14.1. The van der Waals surface area contributed by atoms with Crippen molar-refractivity contribution in [2.75, 3.05) is 19.7 Å². The van der Waals surface area contributed by atoms with Gasteiger partial charge in [0.2, 0.25) is 11.8 Å². The Bertz CT molecular complexity index is 590. The van der Waals surface area contributed by atoms with Crippen LogP contribution in [0.25, 0.3) is 0 Å². The molecule has 0 aliphatic carbocycles. The zero-order valence-corrected chi connectivity index (χ0v) is 14.1. The van der Waals surface area contributed by atoms with Crippen molar-refractivity contribution in [1.82, 2.24) is 10.2 Å². The van der Waals surface area contributed by atoms with Gasteiger partial charge < -0.3 is 20.1 Å². The average Bonchev–Trinajstić information content (AvgIpc) is 2.92. The third-order valence-electron chi connectivity index (χ3n) is 4.00. The molecule has 1 atom stereocenters. The number of carbonyl (C=O) groups excluding carboxylic acids is 2. The van der Waals surface area contributed by atoms with Crippen LogP contribution >= 0.6 is 0 Å². The van der Waals surface area contributed by atoms with Crippen LogP contribution in [0.4, 0.5) is 0 Å². The van der Waals surface area contributed by atoms with Crippen molar-refractivity contribution in [3.63, 3.8) is 0 Å². The van der Waals surface area contributed by atoms with Gasteiger partial charge in [-0.1, -0.05) is 18.2 Å². The Labute approximate surface area is 147 Å². The van der Waals surface area contributed by atoms with Gasteiger partial charge in [-0.3, -0.25) is 14.4 Å². The summed E-state index contributed by atoms with van der Waals surface area (Å²) in [5.74, 6) is -0.214. The van der Waals surface area contributed by atoms with Crippen molar-refractivity contribution in [3.05, 3.63) is 30.3 Å². The average molecular weight is 348 g/mol. The number of unbranched alkanes of at least 4 members (excludes halogenated alkanes) is 1. The third-order valence-corrected chi connectivity index (χ3v) is 4.00. The summed E-state index contributed by atoms with van der Waals surface area (Å²) in [6.45, 7) is 1.38. The molecule has 1 saturated heterocycles. The molecule has 25 heavy (non-hydrogen) atoms. The number of hydrogen-bond donors (Lipinski definition) is 2. The van der Waals surface area contributed by atoms with Crippen LogP contribution < -0.4 is 10.1 Å². The molecule has 0 radical (unpaired) electrons. The number of ether oxygens (including phenoxy) is 1. The van der Waals surface area contributed by atoms with Gasteiger partial charge in [-0.15, -0.1) is 0 Å². The van der Waals surface area contributed by atoms with Gasteiger partial charge in [0, 0.05) is 25.8 Å². The maximum atomic E-state index is 12.0. The van der Waals surface area contributed by atoms with E-state index in [0.29, 0.717) is 39.0 Å². The molecule has 2 N–H and O–H groups in total. The highest BCUT2D eigenvalue weighted by molar-refractivity contribution is 5.82. The van der Waals surface area contributed by atoms with Gasteiger partial charge in [0.15, 0.2) is 0 Å². The fraction of sp³-hybridized carbons (Fsp3) is 0.500. The van der Waals surface area contributed by atoms with Crippen LogP contribution in [0.5, 0.6) is 5.75 Å². The smallest absolute Gasteiger partial charge is 0.303 e. The molecule has 0 saturated carbocycles. The number of nitrogens with one attached hydrogen (secondary N) is 1. The minimum absolute atomic E-state index is 0.00726. The summed E-state index contributed by atoms with van der Waals surface area (Å²) >= 11 is 0. The summed E-state index contributed by atoms with van der Waals surface area (Å²) in [5, 5.41) is 11.4. The quantitative estimate of drug-likeness (QED) is 0.624. The van der Waals surface area contributed by atoms with Crippen LogP contribution in [0.1, 0.15) is 32.1 Å². The Morgan fingerprint density at radius 3 is 2.64 bits per heavy atom. The lowest BCUT2D eigenvalue weighted by molar-refractivity contribution is -0.137. The summed E-state index contributed by atoms with van der Waals surface area (Å²) in [7, 11) is 0. The Hall–Kier alpha value is -2.57. The van der Waals surface area contributed by atoms with Crippen LogP contribution in [0.15, 0.2) is 30.3 Å². The van der Waals surface area contributed by atoms with E-state index >= 15 is 0 Å². The van der Waals surface area contributed by atoms with Gasteiger partial charge in [-0.2, -0.15) is 0 Å². The first-order valence-corrected chi connectivity index (χ1v) is 8.51. The molecule has 136 valence electrons. The number of amides is 2. The van der Waals surface area contributed by atoms with Crippen molar-refractivity contribution in [2.45, 2.75) is 38.1 Å². The molecular formula is C18H24N2O5. The van der Waals surface area contributed by atoms with E-state index in [1.165, 1.54) is 0 Å². The number of carboxylic acid groups (broad SMARTS) is 1. The van der Waals surface area contributed by atoms with Crippen LogP contribution in [0.3, 0.4) is 0 Å². The molecule has 0 aromatic heterocycles. The number of benzene rings is 1. The van der Waals surface area contributed by atoms with E-state index in [4.69, 9.17) is 9.84 Å². The SMILES string of the molecule is O=C(O)CCCCC(=O)NC1CC(=O)N(CCOc2ccccc2)C1. The largest absolute Gasteiger partial charge is 0.492 e. The highest BCUT2D eigenvalue weighted by atomic mass is 16.5. The number of carboxylic acids is 1. The number of aliphatic carboxylic acids is 1. The molecule has 1 aromatic carbocycles. The van der Waals surface area contributed by atoms with Crippen LogP contribution in [-0.2, 0) is 14.4 Å². The third kappa shape index (κ3) is 6.82. The van der Waals surface area contributed by atoms with Gasteiger partial charge in [-0.25, -0.2) is 0 Å². The van der Waals surface area contributed by atoms with Gasteiger partial charge in [0.25, 0.3) is 0 Å². The Morgan fingerprint density at radius 1 is 1.20 bits per heavy atom.